The largest absolute Gasteiger partial charge is 0.394 e. The minimum atomic E-state index is -1.82. The molecule has 79 heavy (non-hydrogen) atoms. The van der Waals surface area contributed by atoms with E-state index in [1.807, 2.05) is 0 Å². The Morgan fingerprint density at radius 1 is 0.329 bits per heavy atom. The summed E-state index contributed by atoms with van der Waals surface area (Å²) in [6.45, 7) is 22.7. The smallest absolute Gasteiger partial charge is 0.186 e. The van der Waals surface area contributed by atoms with E-state index in [0.717, 1.165) is 55.3 Å². The van der Waals surface area contributed by atoms with Gasteiger partial charge in [0.15, 0.2) is 18.9 Å². The molecule has 0 aromatic heterocycles. The van der Waals surface area contributed by atoms with E-state index >= 15 is 0 Å². The first-order chi connectivity index (χ1) is 37.5. The lowest BCUT2D eigenvalue weighted by molar-refractivity contribution is -0.343. The number of ether oxygens (including phenoxy) is 8. The molecule has 22 atom stereocenters. The van der Waals surface area contributed by atoms with Gasteiger partial charge in [-0.2, -0.15) is 0 Å². The molecule has 3 fully saturated rings. The predicted molar refractivity (Wildman–Crippen MR) is 303 cm³/mol. The molecule has 0 aromatic rings. The van der Waals surface area contributed by atoms with Crippen molar-refractivity contribution in [3.8, 4) is 0 Å². The molecular formula is C61H118O18. The highest BCUT2D eigenvalue weighted by Gasteiger charge is 2.49. The van der Waals surface area contributed by atoms with Crippen LogP contribution in [0.15, 0.2) is 0 Å². The Bertz CT molecular complexity index is 1500. The van der Waals surface area contributed by atoms with Gasteiger partial charge in [0.25, 0.3) is 0 Å². The van der Waals surface area contributed by atoms with E-state index in [-0.39, 0.29) is 13.2 Å². The lowest BCUT2D eigenvalue weighted by atomic mass is 9.91. The first-order valence-corrected chi connectivity index (χ1v) is 31.3. The summed E-state index contributed by atoms with van der Waals surface area (Å²) in [6.07, 6.45) is -0.0677. The highest BCUT2D eigenvalue weighted by atomic mass is 16.7. The molecular weight excluding hydrogens is 1020 g/mol. The van der Waals surface area contributed by atoms with Crippen molar-refractivity contribution in [3.63, 3.8) is 0 Å². The molecule has 3 aliphatic heterocycles. The molecule has 0 radical (unpaired) electrons. The molecule has 10 N–H and O–H groups in total. The van der Waals surface area contributed by atoms with Gasteiger partial charge in [-0.1, -0.05) is 185 Å². The second-order valence-corrected chi connectivity index (χ2v) is 25.9. The summed E-state index contributed by atoms with van der Waals surface area (Å²) >= 11 is 0. The van der Waals surface area contributed by atoms with Gasteiger partial charge in [-0.15, -0.1) is 0 Å². The molecule has 0 unspecified atom stereocenters. The molecule has 3 saturated heterocycles. The molecule has 0 bridgehead atoms. The number of aliphatic hydroxyl groups excluding tert-OH is 10. The predicted octanol–water partition coefficient (Wildman–Crippen LogP) is 6.78. The molecule has 0 amide bonds. The minimum Gasteiger partial charge on any atom is -0.394 e. The molecule has 0 aliphatic carbocycles. The van der Waals surface area contributed by atoms with Crippen LogP contribution in [0.25, 0.3) is 0 Å². The van der Waals surface area contributed by atoms with Crippen molar-refractivity contribution >= 4 is 0 Å². The van der Waals surface area contributed by atoms with Gasteiger partial charge in [0.2, 0.25) is 0 Å². The summed E-state index contributed by atoms with van der Waals surface area (Å²) in [5.41, 5.74) is 0. The Balaban J connectivity index is 1.52. The molecule has 0 aromatic carbocycles. The zero-order chi connectivity index (χ0) is 58.6. The highest BCUT2D eigenvalue weighted by Crippen LogP contribution is 2.30. The quantitative estimate of drug-likeness (QED) is 0.0282. The average molecular weight is 1140 g/mol. The Morgan fingerprint density at radius 3 is 0.987 bits per heavy atom. The third-order valence-electron chi connectivity index (χ3n) is 17.0. The first kappa shape index (κ1) is 72.5. The monoisotopic (exact) mass is 1140 g/mol. The summed E-state index contributed by atoms with van der Waals surface area (Å²) in [7, 11) is 0. The second kappa shape index (κ2) is 39.8. The molecule has 18 nitrogen and oxygen atoms in total. The van der Waals surface area contributed by atoms with Crippen molar-refractivity contribution in [1.82, 2.24) is 0 Å². The summed E-state index contributed by atoms with van der Waals surface area (Å²) < 4.78 is 47.0. The van der Waals surface area contributed by atoms with Crippen LogP contribution in [-0.4, -0.2) is 196 Å². The zero-order valence-corrected chi connectivity index (χ0v) is 50.7. The number of hydrogen-bond acceptors (Lipinski definition) is 18. The van der Waals surface area contributed by atoms with Crippen LogP contribution in [0, 0.1) is 47.3 Å². The molecule has 0 spiro atoms. The minimum absolute atomic E-state index is 0.0603. The van der Waals surface area contributed by atoms with E-state index in [0.29, 0.717) is 31.0 Å². The number of hydrogen-bond donors (Lipinski definition) is 10. The van der Waals surface area contributed by atoms with Gasteiger partial charge in [-0.3, -0.25) is 0 Å². The number of aliphatic hydroxyl groups is 10. The SMILES string of the molecule is CC(C)CCC[C@@H](C)CCC[C@@H](C)CCC[C@@H](C)CCOC[C@@H](CO[C@@H]1O[C@H](CO[C@@H]2O[C@H](CO[C@@H]3O[C@H](CO)[C@@H](O)[C@H](O)[C@H]3O)[C@@H](O)[C@H](O)[C@H]2O)[C@@H](O)[C@H](O)[C@H]1O)OCC[C@H](C)CCC[C@H](C)CCC[C@H](C)CCCC(C)C. The number of rotatable bonds is 43. The maximum atomic E-state index is 11.0. The van der Waals surface area contributed by atoms with Crippen molar-refractivity contribution in [1.29, 1.82) is 0 Å². The van der Waals surface area contributed by atoms with Gasteiger partial charge in [0, 0.05) is 13.2 Å². The summed E-state index contributed by atoms with van der Waals surface area (Å²) in [5, 5.41) is 105. The van der Waals surface area contributed by atoms with E-state index < -0.39 is 118 Å². The molecule has 3 heterocycles. The Morgan fingerprint density at radius 2 is 0.633 bits per heavy atom. The second-order valence-electron chi connectivity index (χ2n) is 25.9. The third-order valence-corrected chi connectivity index (χ3v) is 17.0. The standard InChI is InChI=1S/C61H118O18/c1-38(2)17-11-19-40(5)21-13-23-42(7)25-15-27-44(9)29-31-72-34-46(73-32-30-45(10)28-16-26-43(8)24-14-22-41(6)20-12-18-39(3)4)35-74-59-57(70)54(67)51(64)48(78-59)37-76-61-58(71)55(68)52(65)49(79-61)36-75-60-56(69)53(66)50(63)47(33-62)77-60/h38-71H,11-37H2,1-10H3/t40-,41-,42-,43-,44-,45-,46+,47-,48-,49-,50-,51-,52-,53+,54+,55+,56-,57-,58-,59-,60-,61-/m1/s1. The van der Waals surface area contributed by atoms with Crippen LogP contribution >= 0.6 is 0 Å². The van der Waals surface area contributed by atoms with Crippen LogP contribution < -0.4 is 0 Å². The first-order valence-electron chi connectivity index (χ1n) is 31.3. The van der Waals surface area contributed by atoms with Gasteiger partial charge in [0.1, 0.15) is 79.4 Å². The summed E-state index contributed by atoms with van der Waals surface area (Å²) in [6, 6.07) is 0. The van der Waals surface area contributed by atoms with Crippen LogP contribution in [-0.2, 0) is 37.9 Å². The van der Waals surface area contributed by atoms with E-state index in [1.54, 1.807) is 0 Å². The normalized spacial score (nSPS) is 32.5. The van der Waals surface area contributed by atoms with Crippen LogP contribution in [0.4, 0.5) is 0 Å². The van der Waals surface area contributed by atoms with Crippen LogP contribution in [0.1, 0.15) is 198 Å². The van der Waals surface area contributed by atoms with Crippen molar-refractivity contribution in [3.05, 3.63) is 0 Å². The van der Waals surface area contributed by atoms with Gasteiger partial charge in [0.05, 0.1) is 33.0 Å². The topological polar surface area (TPSA) is 276 Å². The average Bonchev–Trinajstić information content (AvgIpc) is 3.40. The fourth-order valence-electron chi connectivity index (χ4n) is 11.1. The molecule has 470 valence electrons. The third kappa shape index (κ3) is 27.9. The Hall–Kier alpha value is -0.720. The lowest BCUT2D eigenvalue weighted by Crippen LogP contribution is -2.62. The van der Waals surface area contributed by atoms with E-state index in [2.05, 4.69) is 69.2 Å². The van der Waals surface area contributed by atoms with Crippen molar-refractivity contribution < 1.29 is 89.0 Å². The molecule has 3 rings (SSSR count). The van der Waals surface area contributed by atoms with Crippen molar-refractivity contribution in [2.24, 2.45) is 47.3 Å². The molecule has 3 aliphatic rings. The van der Waals surface area contributed by atoms with Crippen molar-refractivity contribution in [2.75, 3.05) is 46.2 Å². The van der Waals surface area contributed by atoms with Crippen molar-refractivity contribution in [2.45, 2.75) is 296 Å². The summed E-state index contributed by atoms with van der Waals surface area (Å²) in [4.78, 5) is 0. The maximum absolute atomic E-state index is 11.0. The van der Waals surface area contributed by atoms with Crippen LogP contribution in [0.3, 0.4) is 0 Å². The Labute approximate surface area is 476 Å². The Kier molecular flexibility index (Phi) is 36.6. The van der Waals surface area contributed by atoms with Gasteiger partial charge in [-0.05, 0) is 60.2 Å². The van der Waals surface area contributed by atoms with E-state index in [9.17, 15) is 51.1 Å². The molecule has 18 heteroatoms. The van der Waals surface area contributed by atoms with E-state index in [1.165, 1.54) is 103 Å². The lowest BCUT2D eigenvalue weighted by Gasteiger charge is -2.44. The fraction of sp³-hybridized carbons (Fsp3) is 1.00. The van der Waals surface area contributed by atoms with Crippen LogP contribution in [0.2, 0.25) is 0 Å². The van der Waals surface area contributed by atoms with E-state index in [4.69, 9.17) is 37.9 Å². The summed E-state index contributed by atoms with van der Waals surface area (Å²) in [5.74, 6) is 5.53. The highest BCUT2D eigenvalue weighted by molar-refractivity contribution is 4.93. The maximum Gasteiger partial charge on any atom is 0.186 e. The van der Waals surface area contributed by atoms with Gasteiger partial charge in [-0.25, -0.2) is 0 Å². The van der Waals surface area contributed by atoms with Gasteiger partial charge < -0.3 is 89.0 Å². The fourth-order valence-corrected chi connectivity index (χ4v) is 11.1. The zero-order valence-electron chi connectivity index (χ0n) is 50.7. The molecule has 0 saturated carbocycles. The van der Waals surface area contributed by atoms with Crippen LogP contribution in [0.5, 0.6) is 0 Å². The van der Waals surface area contributed by atoms with Gasteiger partial charge >= 0.3 is 0 Å².